The van der Waals surface area contributed by atoms with Crippen molar-refractivity contribution in [3.05, 3.63) is 35.0 Å². The first-order chi connectivity index (χ1) is 10.0. The Morgan fingerprint density at radius 2 is 2.24 bits per heavy atom. The molecule has 0 amide bonds. The molecule has 1 aromatic carbocycles. The molecule has 2 aromatic rings. The zero-order valence-electron chi connectivity index (χ0n) is 11.6. The number of halogens is 1. The van der Waals surface area contributed by atoms with Gasteiger partial charge in [-0.1, -0.05) is 17.7 Å². The molecule has 0 aliphatic carbocycles. The van der Waals surface area contributed by atoms with Gasteiger partial charge < -0.3 is 10.5 Å². The summed E-state index contributed by atoms with van der Waals surface area (Å²) in [6.07, 6.45) is 0. The van der Waals surface area contributed by atoms with Gasteiger partial charge in [0.05, 0.1) is 18.0 Å². The standard InChI is InChI=1S/C13H14ClN5OS/c1-3-20-12-11(8(2)18-19(12)13(15)21)17-16-10-6-4-5-9(14)7-10/h4-7H,3H2,1-2H3,(H2,15,21). The molecule has 0 saturated carbocycles. The van der Waals surface area contributed by atoms with Crippen LogP contribution in [0.2, 0.25) is 5.02 Å². The Labute approximate surface area is 132 Å². The van der Waals surface area contributed by atoms with E-state index in [-0.39, 0.29) is 5.11 Å². The van der Waals surface area contributed by atoms with Crippen LogP contribution in [0.3, 0.4) is 0 Å². The smallest absolute Gasteiger partial charge is 0.247 e. The van der Waals surface area contributed by atoms with Gasteiger partial charge in [-0.3, -0.25) is 0 Å². The Morgan fingerprint density at radius 1 is 1.48 bits per heavy atom. The number of thiocarbonyl (C=S) groups is 1. The van der Waals surface area contributed by atoms with Gasteiger partial charge in [-0.2, -0.15) is 14.9 Å². The molecule has 0 radical (unpaired) electrons. The number of nitrogens with zero attached hydrogens (tertiary/aromatic N) is 4. The molecule has 0 unspecified atom stereocenters. The van der Waals surface area contributed by atoms with Gasteiger partial charge in [-0.15, -0.1) is 5.11 Å². The number of aromatic nitrogens is 2. The molecule has 0 saturated heterocycles. The second-order valence-electron chi connectivity index (χ2n) is 4.10. The van der Waals surface area contributed by atoms with Crippen molar-refractivity contribution in [1.82, 2.24) is 9.78 Å². The van der Waals surface area contributed by atoms with Gasteiger partial charge in [0.1, 0.15) is 0 Å². The molecule has 1 heterocycles. The van der Waals surface area contributed by atoms with Crippen LogP contribution in [0.25, 0.3) is 0 Å². The summed E-state index contributed by atoms with van der Waals surface area (Å²) in [5.41, 5.74) is 7.36. The molecule has 110 valence electrons. The van der Waals surface area contributed by atoms with Crippen molar-refractivity contribution in [2.45, 2.75) is 13.8 Å². The van der Waals surface area contributed by atoms with Crippen LogP contribution in [0.15, 0.2) is 34.5 Å². The van der Waals surface area contributed by atoms with Crippen molar-refractivity contribution >= 4 is 40.3 Å². The summed E-state index contributed by atoms with van der Waals surface area (Å²) < 4.78 is 6.85. The fourth-order valence-electron chi connectivity index (χ4n) is 1.67. The predicted molar refractivity (Wildman–Crippen MR) is 85.9 cm³/mol. The molecule has 21 heavy (non-hydrogen) atoms. The second kappa shape index (κ2) is 6.64. The zero-order chi connectivity index (χ0) is 15.4. The quantitative estimate of drug-likeness (QED) is 0.686. The zero-order valence-corrected chi connectivity index (χ0v) is 13.1. The molecule has 0 bridgehead atoms. The van der Waals surface area contributed by atoms with Crippen LogP contribution in [0.4, 0.5) is 11.4 Å². The molecule has 0 aliphatic heterocycles. The van der Waals surface area contributed by atoms with Crippen LogP contribution in [0.1, 0.15) is 12.6 Å². The fourth-order valence-corrected chi connectivity index (χ4v) is 1.98. The Balaban J connectivity index is 2.41. The van der Waals surface area contributed by atoms with Gasteiger partial charge in [-0.25, -0.2) is 0 Å². The lowest BCUT2D eigenvalue weighted by Gasteiger charge is -2.05. The molecular weight excluding hydrogens is 310 g/mol. The van der Waals surface area contributed by atoms with Crippen molar-refractivity contribution in [3.63, 3.8) is 0 Å². The molecule has 8 heteroatoms. The van der Waals surface area contributed by atoms with Crippen molar-refractivity contribution in [3.8, 4) is 5.88 Å². The number of rotatable bonds is 4. The molecule has 2 N–H and O–H groups in total. The van der Waals surface area contributed by atoms with Gasteiger partial charge in [0.15, 0.2) is 10.8 Å². The number of azo groups is 1. The van der Waals surface area contributed by atoms with Crippen molar-refractivity contribution in [1.29, 1.82) is 0 Å². The number of hydrogen-bond donors (Lipinski definition) is 1. The predicted octanol–water partition coefficient (Wildman–Crippen LogP) is 3.75. The van der Waals surface area contributed by atoms with E-state index in [9.17, 15) is 0 Å². The molecule has 0 fully saturated rings. The van der Waals surface area contributed by atoms with E-state index < -0.39 is 0 Å². The summed E-state index contributed by atoms with van der Waals surface area (Å²) in [4.78, 5) is 0. The lowest BCUT2D eigenvalue weighted by atomic mass is 10.3. The Kier molecular flexibility index (Phi) is 4.87. The minimum absolute atomic E-state index is 0.0887. The molecule has 6 nitrogen and oxygen atoms in total. The third-order valence-electron chi connectivity index (χ3n) is 2.55. The summed E-state index contributed by atoms with van der Waals surface area (Å²) in [5, 5.41) is 13.2. The Morgan fingerprint density at radius 3 is 2.86 bits per heavy atom. The topological polar surface area (TPSA) is 77.8 Å². The molecule has 0 spiro atoms. The lowest BCUT2D eigenvalue weighted by Crippen LogP contribution is -2.21. The van der Waals surface area contributed by atoms with E-state index in [1.165, 1.54) is 4.68 Å². The van der Waals surface area contributed by atoms with E-state index in [1.54, 1.807) is 31.2 Å². The molecule has 1 aromatic heterocycles. The van der Waals surface area contributed by atoms with Crippen LogP contribution < -0.4 is 10.5 Å². The van der Waals surface area contributed by atoms with Crippen LogP contribution in [0.5, 0.6) is 5.88 Å². The molecule has 0 atom stereocenters. The highest BCUT2D eigenvalue weighted by Gasteiger charge is 2.18. The van der Waals surface area contributed by atoms with Gasteiger partial charge in [-0.05, 0) is 44.3 Å². The number of aryl methyl sites for hydroxylation is 1. The third kappa shape index (κ3) is 3.56. The number of nitrogens with two attached hydrogens (primary N) is 1. The van der Waals surface area contributed by atoms with Crippen LogP contribution >= 0.6 is 23.8 Å². The summed E-state index contributed by atoms with van der Waals surface area (Å²) in [6.45, 7) is 4.07. The lowest BCUT2D eigenvalue weighted by molar-refractivity contribution is 0.320. The van der Waals surface area contributed by atoms with Gasteiger partial charge in [0, 0.05) is 5.02 Å². The van der Waals surface area contributed by atoms with E-state index in [4.69, 9.17) is 34.3 Å². The Bertz CT molecular complexity index is 698. The number of ether oxygens (including phenoxy) is 1. The minimum atomic E-state index is 0.0887. The highest BCUT2D eigenvalue weighted by Crippen LogP contribution is 2.33. The van der Waals surface area contributed by atoms with Crippen molar-refractivity contribution < 1.29 is 4.74 Å². The monoisotopic (exact) mass is 323 g/mol. The summed E-state index contributed by atoms with van der Waals surface area (Å²) in [7, 11) is 0. The maximum Gasteiger partial charge on any atom is 0.247 e. The van der Waals surface area contributed by atoms with E-state index in [2.05, 4.69) is 15.3 Å². The minimum Gasteiger partial charge on any atom is -0.476 e. The van der Waals surface area contributed by atoms with Crippen molar-refractivity contribution in [2.75, 3.05) is 6.61 Å². The van der Waals surface area contributed by atoms with Crippen LogP contribution in [0, 0.1) is 6.92 Å². The van der Waals surface area contributed by atoms with Crippen LogP contribution in [-0.4, -0.2) is 21.5 Å². The molecular formula is C13H14ClN5OS. The van der Waals surface area contributed by atoms with E-state index >= 15 is 0 Å². The average Bonchev–Trinajstić information content (AvgIpc) is 2.74. The van der Waals surface area contributed by atoms with Crippen LogP contribution in [-0.2, 0) is 0 Å². The van der Waals surface area contributed by atoms with Gasteiger partial charge in [0.25, 0.3) is 0 Å². The normalized spacial score (nSPS) is 11.0. The molecule has 2 rings (SSSR count). The van der Waals surface area contributed by atoms with Crippen molar-refractivity contribution in [2.24, 2.45) is 16.0 Å². The SMILES string of the molecule is CCOc1c(N=Nc2cccc(Cl)c2)c(C)nn1C(N)=S. The van der Waals surface area contributed by atoms with E-state index in [1.807, 2.05) is 6.92 Å². The number of benzene rings is 1. The van der Waals surface area contributed by atoms with Gasteiger partial charge >= 0.3 is 0 Å². The highest BCUT2D eigenvalue weighted by atomic mass is 35.5. The number of hydrogen-bond acceptors (Lipinski definition) is 5. The third-order valence-corrected chi connectivity index (χ3v) is 2.96. The van der Waals surface area contributed by atoms with E-state index in [0.29, 0.717) is 34.6 Å². The summed E-state index contributed by atoms with van der Waals surface area (Å²) in [6, 6.07) is 7.07. The largest absolute Gasteiger partial charge is 0.476 e. The van der Waals surface area contributed by atoms with Gasteiger partial charge in [0.2, 0.25) is 5.88 Å². The first-order valence-corrected chi connectivity index (χ1v) is 7.01. The molecule has 0 aliphatic rings. The highest BCUT2D eigenvalue weighted by molar-refractivity contribution is 7.80. The fraction of sp³-hybridized carbons (Fsp3) is 0.231. The van der Waals surface area contributed by atoms with E-state index in [0.717, 1.165) is 0 Å². The first kappa shape index (κ1) is 15.4. The maximum atomic E-state index is 5.91. The summed E-state index contributed by atoms with van der Waals surface area (Å²) >= 11 is 10.8. The second-order valence-corrected chi connectivity index (χ2v) is 4.96. The summed E-state index contributed by atoms with van der Waals surface area (Å²) in [5.74, 6) is 0.383. The average molecular weight is 324 g/mol. The Hall–Kier alpha value is -1.99. The first-order valence-electron chi connectivity index (χ1n) is 6.22. The maximum absolute atomic E-state index is 5.91.